The van der Waals surface area contributed by atoms with Crippen molar-refractivity contribution < 1.29 is 24.0 Å². The van der Waals surface area contributed by atoms with Gasteiger partial charge in [-0.15, -0.1) is 0 Å². The van der Waals surface area contributed by atoms with Crippen LogP contribution in [0.15, 0.2) is 36.4 Å². The molecule has 108 valence electrons. The third kappa shape index (κ3) is 3.45. The van der Waals surface area contributed by atoms with E-state index >= 15 is 0 Å². The van der Waals surface area contributed by atoms with Gasteiger partial charge in [0.05, 0.1) is 11.0 Å². The molecule has 0 aliphatic heterocycles. The number of hydrogen-bond acceptors (Lipinski definition) is 4. The molecule has 0 fully saturated rings. The summed E-state index contributed by atoms with van der Waals surface area (Å²) in [6.45, 7) is 0. The lowest BCUT2D eigenvalue weighted by Crippen LogP contribution is -2.04. The molecule has 2 aromatic rings. The molecule has 0 radical (unpaired) electrons. The molecule has 2 rings (SSSR count). The number of hydrogen-bond donors (Lipinski definition) is 1. The fourth-order valence-corrected chi connectivity index (χ4v) is 1.93. The van der Waals surface area contributed by atoms with Gasteiger partial charge in [0, 0.05) is 9.64 Å². The molecule has 0 unspecified atom stereocenters. The average Bonchev–Trinajstić information content (AvgIpc) is 2.42. The van der Waals surface area contributed by atoms with Crippen LogP contribution in [0, 0.1) is 19.5 Å². The predicted octanol–water partition coefficient (Wildman–Crippen LogP) is 3.83. The molecule has 0 atom stereocenters. The van der Waals surface area contributed by atoms with Crippen LogP contribution in [0.2, 0.25) is 0 Å². The molecular weight excluding hydrogens is 396 g/mol. The van der Waals surface area contributed by atoms with E-state index in [0.717, 1.165) is 9.64 Å². The summed E-state index contributed by atoms with van der Waals surface area (Å²) < 4.78 is 20.0. The monoisotopic (exact) mass is 403 g/mol. The van der Waals surface area contributed by atoms with E-state index in [1.54, 1.807) is 24.3 Å². The number of halogens is 2. The number of carboxylic acid groups (broad SMARTS) is 1. The molecule has 0 aromatic heterocycles. The molecule has 0 spiro atoms. The zero-order valence-corrected chi connectivity index (χ0v) is 12.4. The van der Waals surface area contributed by atoms with Crippen molar-refractivity contribution in [3.8, 4) is 11.5 Å². The van der Waals surface area contributed by atoms with E-state index < -0.39 is 28.0 Å². The summed E-state index contributed by atoms with van der Waals surface area (Å²) in [5.74, 6) is -2.64. The highest BCUT2D eigenvalue weighted by atomic mass is 127. The predicted molar refractivity (Wildman–Crippen MR) is 79.2 cm³/mol. The molecule has 8 heteroatoms. The van der Waals surface area contributed by atoms with Gasteiger partial charge in [0.2, 0.25) is 0 Å². The topological polar surface area (TPSA) is 89.7 Å². The summed E-state index contributed by atoms with van der Waals surface area (Å²) >= 11 is 2.08. The van der Waals surface area contributed by atoms with Crippen molar-refractivity contribution in [2.24, 2.45) is 0 Å². The zero-order chi connectivity index (χ0) is 15.6. The lowest BCUT2D eigenvalue weighted by atomic mass is 10.1. The second-order valence-corrected chi connectivity index (χ2v) is 5.16. The van der Waals surface area contributed by atoms with Gasteiger partial charge in [-0.25, -0.2) is 9.18 Å². The van der Waals surface area contributed by atoms with E-state index in [2.05, 4.69) is 22.6 Å². The fraction of sp³-hybridized carbons (Fsp3) is 0. The van der Waals surface area contributed by atoms with Crippen LogP contribution in [0.1, 0.15) is 10.4 Å². The number of ether oxygens (including phenoxy) is 1. The van der Waals surface area contributed by atoms with Crippen LogP contribution in [0.5, 0.6) is 11.5 Å². The van der Waals surface area contributed by atoms with Crippen LogP contribution in [-0.4, -0.2) is 16.0 Å². The Balaban J connectivity index is 2.44. The van der Waals surface area contributed by atoms with E-state index in [4.69, 9.17) is 9.84 Å². The van der Waals surface area contributed by atoms with Crippen molar-refractivity contribution in [2.75, 3.05) is 0 Å². The maximum Gasteiger partial charge on any atom is 0.342 e. The molecule has 0 aliphatic carbocycles. The largest absolute Gasteiger partial charge is 0.477 e. The SMILES string of the molecule is O=C(O)c1cc(Oc2ccc(I)cc2)c(F)cc1[N+](=O)[O-]. The van der Waals surface area contributed by atoms with Crippen LogP contribution < -0.4 is 4.74 Å². The number of rotatable bonds is 4. The second-order valence-electron chi connectivity index (χ2n) is 3.92. The van der Waals surface area contributed by atoms with Gasteiger partial charge in [-0.2, -0.15) is 0 Å². The van der Waals surface area contributed by atoms with Gasteiger partial charge in [0.25, 0.3) is 5.69 Å². The Morgan fingerprint density at radius 2 is 1.90 bits per heavy atom. The lowest BCUT2D eigenvalue weighted by Gasteiger charge is -2.08. The number of aromatic carboxylic acids is 1. The molecule has 0 aliphatic rings. The molecule has 21 heavy (non-hydrogen) atoms. The number of nitro groups is 1. The van der Waals surface area contributed by atoms with E-state index in [0.29, 0.717) is 11.8 Å². The van der Waals surface area contributed by atoms with Crippen molar-refractivity contribution in [1.29, 1.82) is 0 Å². The number of nitrogens with zero attached hydrogens (tertiary/aromatic N) is 1. The molecule has 0 bridgehead atoms. The molecule has 6 nitrogen and oxygen atoms in total. The smallest absolute Gasteiger partial charge is 0.342 e. The third-order valence-electron chi connectivity index (χ3n) is 2.52. The van der Waals surface area contributed by atoms with E-state index in [1.165, 1.54) is 0 Å². The first-order valence-corrected chi connectivity index (χ1v) is 6.61. The highest BCUT2D eigenvalue weighted by Gasteiger charge is 2.24. The first-order valence-electron chi connectivity index (χ1n) is 5.53. The molecule has 0 saturated carbocycles. The Morgan fingerprint density at radius 3 is 2.43 bits per heavy atom. The first-order chi connectivity index (χ1) is 9.88. The molecule has 0 amide bonds. The Labute approximate surface area is 131 Å². The van der Waals surface area contributed by atoms with Gasteiger partial charge in [-0.05, 0) is 46.9 Å². The quantitative estimate of drug-likeness (QED) is 0.476. The molecule has 1 N–H and O–H groups in total. The van der Waals surface area contributed by atoms with Crippen molar-refractivity contribution in [3.05, 3.63) is 61.5 Å². The minimum atomic E-state index is -1.53. The summed E-state index contributed by atoms with van der Waals surface area (Å²) in [6.07, 6.45) is 0. The Hall–Kier alpha value is -2.23. The van der Waals surface area contributed by atoms with Crippen molar-refractivity contribution in [3.63, 3.8) is 0 Å². The van der Waals surface area contributed by atoms with Gasteiger partial charge in [-0.1, -0.05) is 0 Å². The van der Waals surface area contributed by atoms with E-state index in [1.807, 2.05) is 0 Å². The minimum Gasteiger partial charge on any atom is -0.477 e. The number of carboxylic acids is 1. The van der Waals surface area contributed by atoms with Crippen LogP contribution in [0.3, 0.4) is 0 Å². The van der Waals surface area contributed by atoms with Gasteiger partial charge >= 0.3 is 5.97 Å². The summed E-state index contributed by atoms with van der Waals surface area (Å²) in [6, 6.07) is 7.92. The zero-order valence-electron chi connectivity index (χ0n) is 10.2. The van der Waals surface area contributed by atoms with E-state index in [9.17, 15) is 19.3 Å². The standard InChI is InChI=1S/C13H7FINO5/c14-10-6-11(16(19)20)9(13(17)18)5-12(10)21-8-3-1-7(15)2-4-8/h1-6H,(H,17,18). The minimum absolute atomic E-state index is 0.291. The summed E-state index contributed by atoms with van der Waals surface area (Å²) in [5.41, 5.74) is -1.46. The Morgan fingerprint density at radius 1 is 1.29 bits per heavy atom. The highest BCUT2D eigenvalue weighted by molar-refractivity contribution is 14.1. The normalized spacial score (nSPS) is 10.2. The fourth-order valence-electron chi connectivity index (χ4n) is 1.57. The molecular formula is C13H7FINO5. The molecule has 0 saturated heterocycles. The summed E-state index contributed by atoms with van der Waals surface area (Å²) in [7, 11) is 0. The van der Waals surface area contributed by atoms with Crippen molar-refractivity contribution in [2.45, 2.75) is 0 Å². The van der Waals surface area contributed by atoms with Crippen LogP contribution in [-0.2, 0) is 0 Å². The van der Waals surface area contributed by atoms with Crippen LogP contribution in [0.4, 0.5) is 10.1 Å². The van der Waals surface area contributed by atoms with Gasteiger partial charge in [0.1, 0.15) is 11.3 Å². The lowest BCUT2D eigenvalue weighted by molar-refractivity contribution is -0.385. The summed E-state index contributed by atoms with van der Waals surface area (Å²) in [4.78, 5) is 20.8. The highest BCUT2D eigenvalue weighted by Crippen LogP contribution is 2.31. The van der Waals surface area contributed by atoms with Crippen LogP contribution in [0.25, 0.3) is 0 Å². The van der Waals surface area contributed by atoms with Gasteiger partial charge < -0.3 is 9.84 Å². The van der Waals surface area contributed by atoms with Gasteiger partial charge in [0.15, 0.2) is 11.6 Å². The third-order valence-corrected chi connectivity index (χ3v) is 3.24. The number of nitro benzene ring substituents is 1. The van der Waals surface area contributed by atoms with Crippen molar-refractivity contribution in [1.82, 2.24) is 0 Å². The first kappa shape index (κ1) is 15.2. The average molecular weight is 403 g/mol. The van der Waals surface area contributed by atoms with Crippen LogP contribution >= 0.6 is 22.6 Å². The number of carbonyl (C=O) groups is 1. The Kier molecular flexibility index (Phi) is 4.36. The molecule has 0 heterocycles. The maximum absolute atomic E-state index is 13.8. The second kappa shape index (κ2) is 6.04. The number of benzene rings is 2. The summed E-state index contributed by atoms with van der Waals surface area (Å²) in [5, 5.41) is 19.7. The van der Waals surface area contributed by atoms with Gasteiger partial charge in [-0.3, -0.25) is 10.1 Å². The Bertz CT molecular complexity index is 717. The van der Waals surface area contributed by atoms with Crippen molar-refractivity contribution >= 4 is 34.2 Å². The maximum atomic E-state index is 13.8. The molecule has 2 aromatic carbocycles. The van der Waals surface area contributed by atoms with E-state index in [-0.39, 0.29) is 5.75 Å².